The summed E-state index contributed by atoms with van der Waals surface area (Å²) in [6.45, 7) is 6.15. The first-order valence-corrected chi connectivity index (χ1v) is 5.98. The molecule has 0 aliphatic heterocycles. The molecular formula is C15H18N2O. The lowest BCUT2D eigenvalue weighted by atomic mass is 10.00. The Balaban J connectivity index is 2.67. The quantitative estimate of drug-likeness (QED) is 0.850. The van der Waals surface area contributed by atoms with E-state index in [4.69, 9.17) is 5.73 Å². The number of anilines is 1. The van der Waals surface area contributed by atoms with Crippen LogP contribution in [0.25, 0.3) is 10.8 Å². The number of benzene rings is 2. The van der Waals surface area contributed by atoms with Gasteiger partial charge in [0.1, 0.15) is 0 Å². The summed E-state index contributed by atoms with van der Waals surface area (Å²) in [6, 6.07) is 11.7. The van der Waals surface area contributed by atoms with E-state index in [1.54, 1.807) is 0 Å². The molecule has 0 saturated carbocycles. The second-order valence-electron chi connectivity index (χ2n) is 5.45. The van der Waals surface area contributed by atoms with Crippen LogP contribution in [0.15, 0.2) is 36.4 Å². The maximum Gasteiger partial charge on any atom is 0.251 e. The lowest BCUT2D eigenvalue weighted by molar-refractivity contribution is 0.100. The van der Waals surface area contributed by atoms with Gasteiger partial charge in [-0.15, -0.1) is 0 Å². The largest absolute Gasteiger partial charge is 0.380 e. The molecule has 0 bridgehead atoms. The number of nitrogens with two attached hydrogens (primary N) is 1. The van der Waals surface area contributed by atoms with Crippen molar-refractivity contribution in [2.45, 2.75) is 26.3 Å². The number of hydrogen-bond donors (Lipinski definition) is 2. The van der Waals surface area contributed by atoms with Crippen LogP contribution >= 0.6 is 0 Å². The average Bonchev–Trinajstić information content (AvgIpc) is 2.26. The molecular weight excluding hydrogens is 224 g/mol. The third-order valence-corrected chi connectivity index (χ3v) is 2.69. The molecule has 0 radical (unpaired) electrons. The van der Waals surface area contributed by atoms with Crippen LogP contribution in [-0.2, 0) is 0 Å². The van der Waals surface area contributed by atoms with Gasteiger partial charge in [0.2, 0.25) is 0 Å². The van der Waals surface area contributed by atoms with Crippen LogP contribution in [0.3, 0.4) is 0 Å². The number of rotatable bonds is 2. The highest BCUT2D eigenvalue weighted by Crippen LogP contribution is 2.27. The minimum absolute atomic E-state index is 0.118. The summed E-state index contributed by atoms with van der Waals surface area (Å²) in [5, 5.41) is 5.23. The zero-order valence-corrected chi connectivity index (χ0v) is 10.9. The molecule has 0 unspecified atom stereocenters. The highest BCUT2D eigenvalue weighted by atomic mass is 16.1. The summed E-state index contributed by atoms with van der Waals surface area (Å²) in [5.41, 5.74) is 6.75. The van der Waals surface area contributed by atoms with Crippen LogP contribution in [0.5, 0.6) is 0 Å². The fourth-order valence-corrected chi connectivity index (χ4v) is 2.05. The van der Waals surface area contributed by atoms with Gasteiger partial charge in [-0.1, -0.05) is 30.3 Å². The molecule has 0 aliphatic carbocycles. The SMILES string of the molecule is CC(C)(C)Nc1ccc2ccccc2c1C(N)=O. The molecule has 2 rings (SSSR count). The normalized spacial score (nSPS) is 11.5. The molecule has 2 aromatic rings. The molecule has 0 aliphatic rings. The van der Waals surface area contributed by atoms with E-state index in [9.17, 15) is 4.79 Å². The third kappa shape index (κ3) is 2.45. The molecule has 1 amide bonds. The highest BCUT2D eigenvalue weighted by Gasteiger charge is 2.17. The van der Waals surface area contributed by atoms with Crippen LogP contribution in [-0.4, -0.2) is 11.4 Å². The van der Waals surface area contributed by atoms with Gasteiger partial charge in [0.15, 0.2) is 0 Å². The van der Waals surface area contributed by atoms with Crippen molar-refractivity contribution in [1.29, 1.82) is 0 Å². The number of hydrogen-bond acceptors (Lipinski definition) is 2. The zero-order valence-electron chi connectivity index (χ0n) is 10.9. The van der Waals surface area contributed by atoms with Gasteiger partial charge in [0, 0.05) is 11.2 Å². The van der Waals surface area contributed by atoms with Gasteiger partial charge < -0.3 is 11.1 Å². The van der Waals surface area contributed by atoms with Crippen molar-refractivity contribution in [3.05, 3.63) is 42.0 Å². The van der Waals surface area contributed by atoms with E-state index in [2.05, 4.69) is 5.32 Å². The predicted octanol–water partition coefficient (Wildman–Crippen LogP) is 3.15. The molecule has 94 valence electrons. The van der Waals surface area contributed by atoms with E-state index in [1.165, 1.54) is 0 Å². The van der Waals surface area contributed by atoms with E-state index < -0.39 is 5.91 Å². The van der Waals surface area contributed by atoms with E-state index in [0.717, 1.165) is 16.5 Å². The fourth-order valence-electron chi connectivity index (χ4n) is 2.05. The van der Waals surface area contributed by atoms with Crippen molar-refractivity contribution in [2.75, 3.05) is 5.32 Å². The fraction of sp³-hybridized carbons (Fsp3) is 0.267. The van der Waals surface area contributed by atoms with Gasteiger partial charge in [-0.2, -0.15) is 0 Å². The number of carbonyl (C=O) groups excluding carboxylic acids is 1. The number of amides is 1. The second-order valence-corrected chi connectivity index (χ2v) is 5.45. The average molecular weight is 242 g/mol. The predicted molar refractivity (Wildman–Crippen MR) is 75.8 cm³/mol. The van der Waals surface area contributed by atoms with E-state index in [0.29, 0.717) is 5.56 Å². The maximum atomic E-state index is 11.7. The summed E-state index contributed by atoms with van der Waals surface area (Å²) < 4.78 is 0. The van der Waals surface area contributed by atoms with E-state index >= 15 is 0 Å². The minimum atomic E-state index is -0.404. The first-order valence-electron chi connectivity index (χ1n) is 5.98. The lowest BCUT2D eigenvalue weighted by Gasteiger charge is -2.24. The van der Waals surface area contributed by atoms with Crippen molar-refractivity contribution in [2.24, 2.45) is 5.73 Å². The molecule has 0 atom stereocenters. The van der Waals surface area contributed by atoms with Crippen LogP contribution in [0, 0.1) is 0 Å². The van der Waals surface area contributed by atoms with Crippen LogP contribution in [0.2, 0.25) is 0 Å². The number of carbonyl (C=O) groups is 1. The first-order chi connectivity index (χ1) is 8.38. The Morgan fingerprint density at radius 2 is 1.78 bits per heavy atom. The standard InChI is InChI=1S/C15H18N2O/c1-15(2,3)17-12-9-8-10-6-4-5-7-11(10)13(12)14(16)18/h4-9,17H,1-3H3,(H2,16,18). The van der Waals surface area contributed by atoms with Gasteiger partial charge in [0.25, 0.3) is 5.91 Å². The highest BCUT2D eigenvalue weighted by molar-refractivity contribution is 6.11. The molecule has 0 saturated heterocycles. The Kier molecular flexibility index (Phi) is 2.99. The van der Waals surface area contributed by atoms with E-state index in [-0.39, 0.29) is 5.54 Å². The second kappa shape index (κ2) is 4.33. The number of nitrogens with one attached hydrogen (secondary N) is 1. The number of primary amides is 1. The van der Waals surface area contributed by atoms with Crippen molar-refractivity contribution in [3.8, 4) is 0 Å². The summed E-state index contributed by atoms with van der Waals surface area (Å²) in [6.07, 6.45) is 0. The summed E-state index contributed by atoms with van der Waals surface area (Å²) in [4.78, 5) is 11.7. The summed E-state index contributed by atoms with van der Waals surface area (Å²) >= 11 is 0. The Hall–Kier alpha value is -2.03. The molecule has 0 heterocycles. The van der Waals surface area contributed by atoms with Crippen molar-refractivity contribution in [3.63, 3.8) is 0 Å². The molecule has 3 N–H and O–H groups in total. The molecule has 2 aromatic carbocycles. The first kappa shape index (κ1) is 12.4. The van der Waals surface area contributed by atoms with Crippen molar-refractivity contribution >= 4 is 22.4 Å². The van der Waals surface area contributed by atoms with Gasteiger partial charge in [0.05, 0.1) is 5.56 Å². The maximum absolute atomic E-state index is 11.7. The van der Waals surface area contributed by atoms with Crippen LogP contribution in [0.4, 0.5) is 5.69 Å². The molecule has 0 spiro atoms. The zero-order chi connectivity index (χ0) is 13.3. The lowest BCUT2D eigenvalue weighted by Crippen LogP contribution is -2.28. The van der Waals surface area contributed by atoms with Crippen LogP contribution in [0.1, 0.15) is 31.1 Å². The topological polar surface area (TPSA) is 55.1 Å². The summed E-state index contributed by atoms with van der Waals surface area (Å²) in [7, 11) is 0. The Bertz CT molecular complexity index is 597. The van der Waals surface area contributed by atoms with Gasteiger partial charge in [-0.3, -0.25) is 4.79 Å². The van der Waals surface area contributed by atoms with Gasteiger partial charge >= 0.3 is 0 Å². The molecule has 3 nitrogen and oxygen atoms in total. The molecule has 18 heavy (non-hydrogen) atoms. The van der Waals surface area contributed by atoms with E-state index in [1.807, 2.05) is 57.2 Å². The monoisotopic (exact) mass is 242 g/mol. The van der Waals surface area contributed by atoms with Gasteiger partial charge in [-0.25, -0.2) is 0 Å². The van der Waals surface area contributed by atoms with Crippen LogP contribution < -0.4 is 11.1 Å². The molecule has 3 heteroatoms. The molecule has 0 aromatic heterocycles. The third-order valence-electron chi connectivity index (χ3n) is 2.69. The number of fused-ring (bicyclic) bond motifs is 1. The van der Waals surface area contributed by atoms with Crippen molar-refractivity contribution in [1.82, 2.24) is 0 Å². The van der Waals surface area contributed by atoms with Crippen molar-refractivity contribution < 1.29 is 4.79 Å². The Labute approximate surface area is 107 Å². The smallest absolute Gasteiger partial charge is 0.251 e. The Morgan fingerprint density at radius 1 is 1.11 bits per heavy atom. The summed E-state index contributed by atoms with van der Waals surface area (Å²) in [5.74, 6) is -0.404. The molecule has 0 fully saturated rings. The minimum Gasteiger partial charge on any atom is -0.380 e. The Morgan fingerprint density at radius 3 is 2.39 bits per heavy atom. The van der Waals surface area contributed by atoms with Gasteiger partial charge in [-0.05, 0) is 37.6 Å².